The van der Waals surface area contributed by atoms with E-state index >= 15 is 0 Å². The molecule has 0 radical (unpaired) electrons. The predicted octanol–water partition coefficient (Wildman–Crippen LogP) is 3.19. The molecule has 0 bridgehead atoms. The van der Waals surface area contributed by atoms with Crippen molar-refractivity contribution in [2.75, 3.05) is 13.3 Å². The molecule has 2 aliphatic rings. The monoisotopic (exact) mass is 323 g/mol. The predicted molar refractivity (Wildman–Crippen MR) is 91.4 cm³/mol. The first-order chi connectivity index (χ1) is 11.8. The molecule has 1 amide bonds. The number of hydrogen-bond donors (Lipinski definition) is 1. The van der Waals surface area contributed by atoms with Gasteiger partial charge >= 0.3 is 0 Å². The maximum absolute atomic E-state index is 12.3. The average molecular weight is 323 g/mol. The Morgan fingerprint density at radius 1 is 1.12 bits per heavy atom. The molecule has 4 nitrogen and oxygen atoms in total. The van der Waals surface area contributed by atoms with Gasteiger partial charge in [0, 0.05) is 12.5 Å². The van der Waals surface area contributed by atoms with E-state index in [9.17, 15) is 4.79 Å². The van der Waals surface area contributed by atoms with Gasteiger partial charge in [-0.25, -0.2) is 0 Å². The van der Waals surface area contributed by atoms with Crippen molar-refractivity contribution in [1.29, 1.82) is 0 Å². The zero-order valence-corrected chi connectivity index (χ0v) is 13.6. The third kappa shape index (κ3) is 3.09. The number of amides is 1. The summed E-state index contributed by atoms with van der Waals surface area (Å²) in [6.45, 7) is 0.965. The Morgan fingerprint density at radius 3 is 2.96 bits per heavy atom. The van der Waals surface area contributed by atoms with Gasteiger partial charge < -0.3 is 14.8 Å². The fourth-order valence-electron chi connectivity index (χ4n) is 3.60. The summed E-state index contributed by atoms with van der Waals surface area (Å²) in [5.41, 5.74) is 3.77. The fourth-order valence-corrected chi connectivity index (χ4v) is 3.60. The average Bonchev–Trinajstić information content (AvgIpc) is 3.07. The molecule has 4 heteroatoms. The van der Waals surface area contributed by atoms with Crippen LogP contribution in [-0.2, 0) is 17.6 Å². The van der Waals surface area contributed by atoms with Gasteiger partial charge in [-0.3, -0.25) is 4.79 Å². The molecule has 1 unspecified atom stereocenters. The van der Waals surface area contributed by atoms with Gasteiger partial charge in [-0.1, -0.05) is 30.3 Å². The molecule has 124 valence electrons. The van der Waals surface area contributed by atoms with Crippen LogP contribution in [0.1, 0.15) is 35.4 Å². The Hall–Kier alpha value is -2.49. The van der Waals surface area contributed by atoms with Gasteiger partial charge in [-0.2, -0.15) is 0 Å². The van der Waals surface area contributed by atoms with Crippen molar-refractivity contribution in [3.63, 3.8) is 0 Å². The second-order valence-corrected chi connectivity index (χ2v) is 6.46. The number of hydrogen-bond acceptors (Lipinski definition) is 3. The van der Waals surface area contributed by atoms with E-state index in [1.807, 2.05) is 18.2 Å². The summed E-state index contributed by atoms with van der Waals surface area (Å²) in [4.78, 5) is 12.3. The summed E-state index contributed by atoms with van der Waals surface area (Å²) in [6.07, 6.45) is 3.85. The largest absolute Gasteiger partial charge is 0.454 e. The Bertz CT molecular complexity index is 756. The van der Waals surface area contributed by atoms with Gasteiger partial charge in [0.2, 0.25) is 12.7 Å². The lowest BCUT2D eigenvalue weighted by Gasteiger charge is -2.25. The SMILES string of the molecule is O=C(Cc1ccc2c(c1)OCO2)NCC1CCCc2ccccc21. The van der Waals surface area contributed by atoms with Crippen molar-refractivity contribution in [2.45, 2.75) is 31.6 Å². The van der Waals surface area contributed by atoms with Crippen molar-refractivity contribution in [1.82, 2.24) is 5.32 Å². The highest BCUT2D eigenvalue weighted by Crippen LogP contribution is 2.33. The molecule has 2 aromatic carbocycles. The molecule has 1 aliphatic heterocycles. The van der Waals surface area contributed by atoms with E-state index in [2.05, 4.69) is 29.6 Å². The van der Waals surface area contributed by atoms with Gasteiger partial charge in [0.05, 0.1) is 6.42 Å². The lowest BCUT2D eigenvalue weighted by Crippen LogP contribution is -2.31. The summed E-state index contributed by atoms with van der Waals surface area (Å²) in [7, 11) is 0. The standard InChI is InChI=1S/C20H21NO3/c22-20(11-14-8-9-18-19(10-14)24-13-23-18)21-12-16-6-3-5-15-4-1-2-7-17(15)16/h1-2,4,7-10,16H,3,5-6,11-13H2,(H,21,22). The minimum atomic E-state index is 0.0527. The van der Waals surface area contributed by atoms with Crippen molar-refractivity contribution >= 4 is 5.91 Å². The van der Waals surface area contributed by atoms with E-state index in [1.54, 1.807) is 0 Å². The van der Waals surface area contributed by atoms with E-state index in [0.717, 1.165) is 29.9 Å². The van der Waals surface area contributed by atoms with Crippen LogP contribution in [0.4, 0.5) is 0 Å². The van der Waals surface area contributed by atoms with Crippen LogP contribution in [0.3, 0.4) is 0 Å². The molecule has 1 heterocycles. The van der Waals surface area contributed by atoms with E-state index in [1.165, 1.54) is 17.5 Å². The first-order valence-electron chi connectivity index (χ1n) is 8.52. The van der Waals surface area contributed by atoms with Crippen LogP contribution in [0.5, 0.6) is 11.5 Å². The summed E-state index contributed by atoms with van der Waals surface area (Å²) >= 11 is 0. The van der Waals surface area contributed by atoms with Crippen molar-refractivity contribution in [3.05, 3.63) is 59.2 Å². The molecule has 2 aromatic rings. The number of nitrogens with one attached hydrogen (secondary N) is 1. The minimum Gasteiger partial charge on any atom is -0.454 e. The Balaban J connectivity index is 1.36. The summed E-state index contributed by atoms with van der Waals surface area (Å²) in [5, 5.41) is 3.10. The molecule has 0 fully saturated rings. The van der Waals surface area contributed by atoms with E-state index in [4.69, 9.17) is 9.47 Å². The van der Waals surface area contributed by atoms with Gasteiger partial charge in [-0.05, 0) is 48.1 Å². The Morgan fingerprint density at radius 2 is 2.00 bits per heavy atom. The first-order valence-corrected chi connectivity index (χ1v) is 8.52. The van der Waals surface area contributed by atoms with E-state index in [-0.39, 0.29) is 12.7 Å². The zero-order valence-electron chi connectivity index (χ0n) is 13.6. The van der Waals surface area contributed by atoms with Crippen LogP contribution in [0.2, 0.25) is 0 Å². The van der Waals surface area contributed by atoms with Crippen molar-refractivity contribution in [2.24, 2.45) is 0 Å². The first kappa shape index (κ1) is 15.1. The zero-order chi connectivity index (χ0) is 16.4. The number of fused-ring (bicyclic) bond motifs is 2. The summed E-state index contributed by atoms with van der Waals surface area (Å²) in [5.74, 6) is 1.95. The highest BCUT2D eigenvalue weighted by molar-refractivity contribution is 5.78. The topological polar surface area (TPSA) is 47.6 Å². The summed E-state index contributed by atoms with van der Waals surface area (Å²) in [6, 6.07) is 14.3. The highest BCUT2D eigenvalue weighted by Gasteiger charge is 2.20. The lowest BCUT2D eigenvalue weighted by atomic mass is 9.83. The van der Waals surface area contributed by atoms with E-state index in [0.29, 0.717) is 18.9 Å². The van der Waals surface area contributed by atoms with Gasteiger partial charge in [0.25, 0.3) is 0 Å². The third-order valence-corrected chi connectivity index (χ3v) is 4.84. The highest BCUT2D eigenvalue weighted by atomic mass is 16.7. The number of rotatable bonds is 4. The Kier molecular flexibility index (Phi) is 4.11. The van der Waals surface area contributed by atoms with Crippen LogP contribution in [-0.4, -0.2) is 19.2 Å². The van der Waals surface area contributed by atoms with E-state index < -0.39 is 0 Å². The number of benzene rings is 2. The fraction of sp³-hybridized carbons (Fsp3) is 0.350. The molecule has 0 saturated heterocycles. The molecular weight excluding hydrogens is 302 g/mol. The second kappa shape index (κ2) is 6.56. The third-order valence-electron chi connectivity index (χ3n) is 4.84. The maximum atomic E-state index is 12.3. The normalized spacial score (nSPS) is 18.1. The van der Waals surface area contributed by atoms with Crippen molar-refractivity contribution < 1.29 is 14.3 Å². The molecule has 1 N–H and O–H groups in total. The molecule has 24 heavy (non-hydrogen) atoms. The molecule has 0 saturated carbocycles. The minimum absolute atomic E-state index is 0.0527. The van der Waals surface area contributed by atoms with Crippen molar-refractivity contribution in [3.8, 4) is 11.5 Å². The number of ether oxygens (including phenoxy) is 2. The maximum Gasteiger partial charge on any atom is 0.231 e. The number of carbonyl (C=O) groups is 1. The summed E-state index contributed by atoms with van der Waals surface area (Å²) < 4.78 is 10.7. The van der Waals surface area contributed by atoms with Crippen LogP contribution < -0.4 is 14.8 Å². The smallest absolute Gasteiger partial charge is 0.231 e. The van der Waals surface area contributed by atoms with Gasteiger partial charge in [0.1, 0.15) is 0 Å². The second-order valence-electron chi connectivity index (χ2n) is 6.46. The number of carbonyl (C=O) groups excluding carboxylic acids is 1. The van der Waals surface area contributed by atoms with Gasteiger partial charge in [0.15, 0.2) is 11.5 Å². The van der Waals surface area contributed by atoms with Crippen LogP contribution in [0.25, 0.3) is 0 Å². The van der Waals surface area contributed by atoms with Crippen LogP contribution in [0.15, 0.2) is 42.5 Å². The number of aryl methyl sites for hydroxylation is 1. The van der Waals surface area contributed by atoms with Gasteiger partial charge in [-0.15, -0.1) is 0 Å². The van der Waals surface area contributed by atoms with Crippen LogP contribution in [0, 0.1) is 0 Å². The quantitative estimate of drug-likeness (QED) is 0.940. The molecule has 1 atom stereocenters. The lowest BCUT2D eigenvalue weighted by molar-refractivity contribution is -0.120. The molecule has 0 spiro atoms. The molecule has 0 aromatic heterocycles. The molecule has 4 rings (SSSR count). The molecule has 1 aliphatic carbocycles. The van der Waals surface area contributed by atoms with Crippen LogP contribution >= 0.6 is 0 Å². The molecular formula is C20H21NO3. The Labute approximate surface area is 141 Å².